The second kappa shape index (κ2) is 14.1. The van der Waals surface area contributed by atoms with Crippen molar-refractivity contribution in [2.45, 2.75) is 0 Å². The van der Waals surface area contributed by atoms with Gasteiger partial charge in [0.2, 0.25) is 0 Å². The molecule has 0 N–H and O–H groups in total. The molecule has 3 aromatic heterocycles. The second-order valence-electron chi connectivity index (χ2n) is 16.5. The number of aromatic nitrogens is 3. The van der Waals surface area contributed by atoms with E-state index in [4.69, 9.17) is 0 Å². The zero-order valence-corrected chi connectivity index (χ0v) is 34.4. The van der Waals surface area contributed by atoms with Crippen LogP contribution in [0, 0.1) is 0 Å². The molecule has 0 fully saturated rings. The molecule has 0 radical (unpaired) electrons. The van der Waals surface area contributed by atoms with Gasteiger partial charge in [-0.3, -0.25) is 0 Å². The fraction of sp³-hybridized carbons (Fsp3) is 0. The minimum Gasteiger partial charge on any atom is -0.309 e. The lowest BCUT2D eigenvalue weighted by Gasteiger charge is -2.11. The number of fused-ring (bicyclic) bond motifs is 10. The fourth-order valence-electron chi connectivity index (χ4n) is 10.2. The summed E-state index contributed by atoms with van der Waals surface area (Å²) in [4.78, 5) is 0. The normalized spacial score (nSPS) is 11.8. The van der Waals surface area contributed by atoms with Gasteiger partial charge < -0.3 is 13.7 Å². The molecule has 13 aromatic rings. The molecule has 0 unspecified atom stereocenters. The Morgan fingerprint density at radius 2 is 0.635 bits per heavy atom. The van der Waals surface area contributed by atoms with Crippen molar-refractivity contribution in [1.29, 1.82) is 0 Å². The van der Waals surface area contributed by atoms with E-state index in [0.29, 0.717) is 0 Å². The third kappa shape index (κ3) is 5.53. The third-order valence-corrected chi connectivity index (χ3v) is 13.0. The average Bonchev–Trinajstić information content (AvgIpc) is 4.00. The van der Waals surface area contributed by atoms with Gasteiger partial charge in [0, 0.05) is 49.4 Å². The Kier molecular flexibility index (Phi) is 7.91. The predicted molar refractivity (Wildman–Crippen MR) is 266 cm³/mol. The largest absolute Gasteiger partial charge is 0.309 e. The van der Waals surface area contributed by atoms with Gasteiger partial charge in [0.1, 0.15) is 0 Å². The monoisotopic (exact) mass is 801 g/mol. The van der Waals surface area contributed by atoms with Crippen molar-refractivity contribution in [2.24, 2.45) is 0 Å². The molecule has 13 rings (SSSR count). The van der Waals surface area contributed by atoms with Crippen molar-refractivity contribution in [3.8, 4) is 50.4 Å². The number of para-hydroxylation sites is 3. The fourth-order valence-corrected chi connectivity index (χ4v) is 10.2. The maximum absolute atomic E-state index is 2.49. The van der Waals surface area contributed by atoms with Crippen molar-refractivity contribution in [3.63, 3.8) is 0 Å². The summed E-state index contributed by atoms with van der Waals surface area (Å²) >= 11 is 0. The minimum absolute atomic E-state index is 1.14. The van der Waals surface area contributed by atoms with Gasteiger partial charge >= 0.3 is 0 Å². The van der Waals surface area contributed by atoms with E-state index in [1.165, 1.54) is 98.8 Å². The van der Waals surface area contributed by atoms with Crippen molar-refractivity contribution >= 4 is 65.4 Å². The quantitative estimate of drug-likeness (QED) is 0.159. The average molecular weight is 802 g/mol. The SMILES string of the molecule is c1ccc(-c2ccc(-n3c4ccc(-c5ccc6c(c5)c5ccccc5n6-c5cccc(-c6ccccc6)c5)cc4c4ccc5c(c6ccccc6n5-c5ccccc5)c43)cc2)cc1. The van der Waals surface area contributed by atoms with Gasteiger partial charge in [0.25, 0.3) is 0 Å². The van der Waals surface area contributed by atoms with Crippen LogP contribution in [0.1, 0.15) is 0 Å². The maximum Gasteiger partial charge on any atom is 0.0641 e. The predicted octanol–water partition coefficient (Wildman–Crippen LogP) is 16.0. The van der Waals surface area contributed by atoms with Crippen LogP contribution in [0.3, 0.4) is 0 Å². The maximum atomic E-state index is 2.49. The van der Waals surface area contributed by atoms with Crippen LogP contribution in [0.4, 0.5) is 0 Å². The van der Waals surface area contributed by atoms with Crippen molar-refractivity contribution in [3.05, 3.63) is 237 Å². The van der Waals surface area contributed by atoms with E-state index in [1.807, 2.05) is 0 Å². The molecule has 294 valence electrons. The summed E-state index contributed by atoms with van der Waals surface area (Å²) in [6.45, 7) is 0. The van der Waals surface area contributed by atoms with Gasteiger partial charge in [-0.15, -0.1) is 0 Å². The summed E-state index contributed by atoms with van der Waals surface area (Å²) in [6.07, 6.45) is 0. The van der Waals surface area contributed by atoms with Gasteiger partial charge in [-0.2, -0.15) is 0 Å². The molecule has 0 aliphatic heterocycles. The first-order valence-corrected chi connectivity index (χ1v) is 21.7. The van der Waals surface area contributed by atoms with E-state index in [-0.39, 0.29) is 0 Å². The van der Waals surface area contributed by atoms with Crippen molar-refractivity contribution in [2.75, 3.05) is 0 Å². The van der Waals surface area contributed by atoms with Gasteiger partial charge in [0.15, 0.2) is 0 Å². The highest BCUT2D eigenvalue weighted by atomic mass is 15.0. The molecule has 0 saturated heterocycles. The van der Waals surface area contributed by atoms with Gasteiger partial charge in [-0.05, 0) is 112 Å². The molecule has 0 amide bonds. The first-order chi connectivity index (χ1) is 31.3. The van der Waals surface area contributed by atoms with Crippen LogP contribution in [-0.4, -0.2) is 13.7 Å². The minimum atomic E-state index is 1.14. The van der Waals surface area contributed by atoms with E-state index < -0.39 is 0 Å². The highest BCUT2D eigenvalue weighted by Crippen LogP contribution is 2.44. The number of nitrogens with zero attached hydrogens (tertiary/aromatic N) is 3. The first-order valence-electron chi connectivity index (χ1n) is 21.7. The summed E-state index contributed by atoms with van der Waals surface area (Å²) in [5, 5.41) is 7.44. The highest BCUT2D eigenvalue weighted by molar-refractivity contribution is 6.26. The van der Waals surface area contributed by atoms with E-state index in [1.54, 1.807) is 0 Å². The van der Waals surface area contributed by atoms with Crippen LogP contribution in [0.15, 0.2) is 237 Å². The molecular formula is C60H39N3. The summed E-state index contributed by atoms with van der Waals surface area (Å²) in [6, 6.07) is 86.4. The Bertz CT molecular complexity index is 3870. The molecule has 0 saturated carbocycles. The molecule has 3 heterocycles. The van der Waals surface area contributed by atoms with Crippen LogP contribution in [-0.2, 0) is 0 Å². The molecule has 3 nitrogen and oxygen atoms in total. The van der Waals surface area contributed by atoms with E-state index in [0.717, 1.165) is 17.1 Å². The lowest BCUT2D eigenvalue weighted by atomic mass is 10.00. The van der Waals surface area contributed by atoms with E-state index in [9.17, 15) is 0 Å². The van der Waals surface area contributed by atoms with Gasteiger partial charge in [-0.25, -0.2) is 0 Å². The molecule has 0 spiro atoms. The zero-order valence-electron chi connectivity index (χ0n) is 34.4. The third-order valence-electron chi connectivity index (χ3n) is 13.0. The van der Waals surface area contributed by atoms with E-state index in [2.05, 4.69) is 250 Å². The smallest absolute Gasteiger partial charge is 0.0641 e. The topological polar surface area (TPSA) is 14.8 Å². The number of hydrogen-bond acceptors (Lipinski definition) is 0. The summed E-state index contributed by atoms with van der Waals surface area (Å²) in [5.74, 6) is 0. The molecule has 0 aliphatic carbocycles. The van der Waals surface area contributed by atoms with Crippen LogP contribution >= 0.6 is 0 Å². The lowest BCUT2D eigenvalue weighted by Crippen LogP contribution is -1.95. The highest BCUT2D eigenvalue weighted by Gasteiger charge is 2.22. The number of hydrogen-bond donors (Lipinski definition) is 0. The van der Waals surface area contributed by atoms with Crippen LogP contribution < -0.4 is 0 Å². The molecule has 0 bridgehead atoms. The Morgan fingerprint density at radius 1 is 0.206 bits per heavy atom. The standard InChI is InChI=1S/C60H39N3/c1-4-15-40(16-5-1)42-27-31-47(32-28-42)63-57-35-30-45(39-53(57)50-33-36-58-59(60(50)63)51-24-11-13-26-55(51)61(58)46-20-8-3-9-21-46)44-29-34-56-52(38-44)49-23-10-12-25-54(49)62(56)48-22-14-19-43(37-48)41-17-6-2-7-18-41/h1-39H. The van der Waals surface area contributed by atoms with Crippen molar-refractivity contribution < 1.29 is 0 Å². The summed E-state index contributed by atoms with van der Waals surface area (Å²) < 4.78 is 7.32. The first kappa shape index (κ1) is 35.4. The Morgan fingerprint density at radius 3 is 1.33 bits per heavy atom. The van der Waals surface area contributed by atoms with Crippen LogP contribution in [0.25, 0.3) is 116 Å². The summed E-state index contributed by atoms with van der Waals surface area (Å²) in [5.41, 5.74) is 17.8. The Balaban J connectivity index is 1.03. The Hall–Kier alpha value is -8.40. The lowest BCUT2D eigenvalue weighted by molar-refractivity contribution is 1.17. The molecule has 10 aromatic carbocycles. The molecule has 63 heavy (non-hydrogen) atoms. The zero-order chi connectivity index (χ0) is 41.4. The van der Waals surface area contributed by atoms with Crippen molar-refractivity contribution in [1.82, 2.24) is 13.7 Å². The van der Waals surface area contributed by atoms with Gasteiger partial charge in [0.05, 0.1) is 33.1 Å². The number of benzene rings is 10. The Labute approximate surface area is 364 Å². The summed E-state index contributed by atoms with van der Waals surface area (Å²) in [7, 11) is 0. The van der Waals surface area contributed by atoms with Crippen LogP contribution in [0.2, 0.25) is 0 Å². The van der Waals surface area contributed by atoms with E-state index >= 15 is 0 Å². The molecule has 0 aliphatic rings. The molecular weight excluding hydrogens is 763 g/mol. The molecule has 0 atom stereocenters. The number of rotatable bonds is 6. The molecule has 3 heteroatoms. The van der Waals surface area contributed by atoms with Crippen LogP contribution in [0.5, 0.6) is 0 Å². The van der Waals surface area contributed by atoms with Gasteiger partial charge in [-0.1, -0.05) is 158 Å². The second-order valence-corrected chi connectivity index (χ2v) is 16.5.